The zero-order valence-corrected chi connectivity index (χ0v) is 10.8. The van der Waals surface area contributed by atoms with E-state index in [2.05, 4.69) is 9.80 Å². The first kappa shape index (κ1) is 12.1. The molecule has 0 radical (unpaired) electrons. The Balaban J connectivity index is 1.65. The van der Waals surface area contributed by atoms with Gasteiger partial charge in [-0.25, -0.2) is 4.39 Å². The lowest BCUT2D eigenvalue weighted by molar-refractivity contribution is 0.215. The van der Waals surface area contributed by atoms with Gasteiger partial charge in [-0.05, 0) is 56.6 Å². The highest BCUT2D eigenvalue weighted by Gasteiger charge is 2.28. The third kappa shape index (κ3) is 2.73. The molecular formula is C15H21FN2. The average molecular weight is 248 g/mol. The maximum atomic E-state index is 13.2. The van der Waals surface area contributed by atoms with Crippen molar-refractivity contribution in [3.8, 4) is 0 Å². The number of fused-ring (bicyclic) bond motifs is 1. The fraction of sp³-hybridized carbons (Fsp3) is 0.600. The number of hydrogen-bond donors (Lipinski definition) is 0. The van der Waals surface area contributed by atoms with Crippen LogP contribution in [-0.2, 0) is 6.54 Å². The van der Waals surface area contributed by atoms with Gasteiger partial charge in [-0.3, -0.25) is 9.80 Å². The van der Waals surface area contributed by atoms with Crippen LogP contribution >= 0.6 is 0 Å². The molecule has 2 aliphatic heterocycles. The highest BCUT2D eigenvalue weighted by molar-refractivity contribution is 5.16. The quantitative estimate of drug-likeness (QED) is 0.793. The molecule has 2 fully saturated rings. The topological polar surface area (TPSA) is 6.48 Å². The summed E-state index contributed by atoms with van der Waals surface area (Å²) in [7, 11) is 0. The molecule has 18 heavy (non-hydrogen) atoms. The van der Waals surface area contributed by atoms with E-state index < -0.39 is 0 Å². The van der Waals surface area contributed by atoms with E-state index >= 15 is 0 Å². The molecule has 0 bridgehead atoms. The van der Waals surface area contributed by atoms with Gasteiger partial charge in [0, 0.05) is 19.1 Å². The van der Waals surface area contributed by atoms with Crippen LogP contribution in [0.25, 0.3) is 0 Å². The zero-order chi connectivity index (χ0) is 12.4. The molecule has 0 aromatic heterocycles. The molecule has 2 heterocycles. The Morgan fingerprint density at radius 1 is 1.17 bits per heavy atom. The van der Waals surface area contributed by atoms with Gasteiger partial charge in [0.15, 0.2) is 0 Å². The van der Waals surface area contributed by atoms with E-state index in [1.54, 1.807) is 6.07 Å². The summed E-state index contributed by atoms with van der Waals surface area (Å²) >= 11 is 0. The maximum absolute atomic E-state index is 13.2. The number of rotatable bonds is 2. The van der Waals surface area contributed by atoms with Crippen LogP contribution in [0.2, 0.25) is 0 Å². The second kappa shape index (κ2) is 5.37. The first-order valence-electron chi connectivity index (χ1n) is 7.02. The third-order valence-electron chi connectivity index (χ3n) is 4.18. The van der Waals surface area contributed by atoms with Crippen LogP contribution in [0.15, 0.2) is 24.3 Å². The lowest BCUT2D eigenvalue weighted by Gasteiger charge is -2.25. The molecule has 2 aliphatic rings. The van der Waals surface area contributed by atoms with Crippen LogP contribution in [0.3, 0.4) is 0 Å². The smallest absolute Gasteiger partial charge is 0.123 e. The molecule has 3 heteroatoms. The normalized spacial score (nSPS) is 25.9. The molecule has 2 nitrogen and oxygen atoms in total. The van der Waals surface area contributed by atoms with Gasteiger partial charge in [0.05, 0.1) is 0 Å². The summed E-state index contributed by atoms with van der Waals surface area (Å²) in [4.78, 5) is 5.12. The predicted octanol–water partition coefficient (Wildman–Crippen LogP) is 2.50. The third-order valence-corrected chi connectivity index (χ3v) is 4.18. The van der Waals surface area contributed by atoms with Crippen LogP contribution in [0.4, 0.5) is 4.39 Å². The van der Waals surface area contributed by atoms with Crippen LogP contribution in [0.1, 0.15) is 24.8 Å². The second-order valence-corrected chi connectivity index (χ2v) is 5.55. The van der Waals surface area contributed by atoms with E-state index in [1.165, 1.54) is 38.4 Å². The van der Waals surface area contributed by atoms with Gasteiger partial charge in [-0.2, -0.15) is 0 Å². The minimum atomic E-state index is -0.121. The summed E-state index contributed by atoms with van der Waals surface area (Å²) in [6.45, 7) is 5.70. The van der Waals surface area contributed by atoms with E-state index in [4.69, 9.17) is 0 Å². The highest BCUT2D eigenvalue weighted by Crippen LogP contribution is 2.22. The summed E-state index contributed by atoms with van der Waals surface area (Å²) in [6, 6.07) is 7.76. The van der Waals surface area contributed by atoms with E-state index in [0.29, 0.717) is 0 Å². The van der Waals surface area contributed by atoms with Crippen LogP contribution in [-0.4, -0.2) is 42.0 Å². The van der Waals surface area contributed by atoms with E-state index in [9.17, 15) is 4.39 Å². The lowest BCUT2D eigenvalue weighted by atomic mass is 10.1. The van der Waals surface area contributed by atoms with Crippen LogP contribution in [0, 0.1) is 5.82 Å². The number of benzene rings is 1. The number of hydrogen-bond acceptors (Lipinski definition) is 2. The van der Waals surface area contributed by atoms with Crippen molar-refractivity contribution >= 4 is 0 Å². The standard InChI is InChI=1S/C15H21FN2/c16-14-5-1-4-13(10-14)11-17-7-3-9-18-8-2-6-15(18)12-17/h1,4-5,10,15H,2-3,6-9,11-12H2/t15-/m1/s1. The Labute approximate surface area is 108 Å². The molecule has 2 saturated heterocycles. The van der Waals surface area contributed by atoms with E-state index in [-0.39, 0.29) is 5.82 Å². The molecular weight excluding hydrogens is 227 g/mol. The molecule has 0 aliphatic carbocycles. The van der Waals surface area contributed by atoms with Crippen molar-refractivity contribution in [1.82, 2.24) is 9.80 Å². The molecule has 98 valence electrons. The van der Waals surface area contributed by atoms with Gasteiger partial charge in [-0.15, -0.1) is 0 Å². The van der Waals surface area contributed by atoms with Crippen molar-refractivity contribution in [3.63, 3.8) is 0 Å². The fourth-order valence-corrected chi connectivity index (χ4v) is 3.32. The summed E-state index contributed by atoms with van der Waals surface area (Å²) in [6.07, 6.45) is 3.92. The van der Waals surface area contributed by atoms with Crippen molar-refractivity contribution in [2.75, 3.05) is 26.2 Å². The largest absolute Gasteiger partial charge is 0.299 e. The Bertz CT molecular complexity index is 407. The zero-order valence-electron chi connectivity index (χ0n) is 10.8. The van der Waals surface area contributed by atoms with Crippen molar-refractivity contribution in [1.29, 1.82) is 0 Å². The highest BCUT2D eigenvalue weighted by atomic mass is 19.1. The Morgan fingerprint density at radius 3 is 2.94 bits per heavy atom. The summed E-state index contributed by atoms with van der Waals surface area (Å²) in [5.41, 5.74) is 1.10. The Kier molecular flexibility index (Phi) is 3.62. The second-order valence-electron chi connectivity index (χ2n) is 5.55. The minimum Gasteiger partial charge on any atom is -0.299 e. The Morgan fingerprint density at radius 2 is 2.06 bits per heavy atom. The first-order valence-corrected chi connectivity index (χ1v) is 7.02. The predicted molar refractivity (Wildman–Crippen MR) is 70.9 cm³/mol. The summed E-state index contributed by atoms with van der Waals surface area (Å²) in [5.74, 6) is -0.121. The van der Waals surface area contributed by atoms with Gasteiger partial charge in [0.2, 0.25) is 0 Å². The molecule has 1 atom stereocenters. The first-order chi connectivity index (χ1) is 8.81. The minimum absolute atomic E-state index is 0.121. The van der Waals surface area contributed by atoms with Crippen LogP contribution in [0.5, 0.6) is 0 Å². The van der Waals surface area contributed by atoms with Crippen molar-refractivity contribution in [2.45, 2.75) is 31.8 Å². The molecule has 0 saturated carbocycles. The summed E-state index contributed by atoms with van der Waals surface area (Å²) < 4.78 is 13.2. The van der Waals surface area contributed by atoms with Gasteiger partial charge in [0.1, 0.15) is 5.82 Å². The molecule has 0 spiro atoms. The monoisotopic (exact) mass is 248 g/mol. The number of halogens is 1. The molecule has 0 amide bonds. The summed E-state index contributed by atoms with van der Waals surface area (Å²) in [5, 5.41) is 0. The maximum Gasteiger partial charge on any atom is 0.123 e. The van der Waals surface area contributed by atoms with Crippen molar-refractivity contribution in [2.24, 2.45) is 0 Å². The number of nitrogens with zero attached hydrogens (tertiary/aromatic N) is 2. The van der Waals surface area contributed by atoms with Gasteiger partial charge in [-0.1, -0.05) is 12.1 Å². The van der Waals surface area contributed by atoms with Gasteiger partial charge in [0.25, 0.3) is 0 Å². The molecule has 0 unspecified atom stereocenters. The SMILES string of the molecule is Fc1cccc(CN2CCCN3CCC[C@@H]3C2)c1. The molecule has 0 N–H and O–H groups in total. The molecule has 1 aromatic rings. The van der Waals surface area contributed by atoms with Crippen molar-refractivity contribution in [3.05, 3.63) is 35.6 Å². The van der Waals surface area contributed by atoms with Gasteiger partial charge < -0.3 is 0 Å². The fourth-order valence-electron chi connectivity index (χ4n) is 3.32. The van der Waals surface area contributed by atoms with E-state index in [1.807, 2.05) is 12.1 Å². The van der Waals surface area contributed by atoms with Gasteiger partial charge >= 0.3 is 0 Å². The molecule has 3 rings (SSSR count). The average Bonchev–Trinajstić information content (AvgIpc) is 2.69. The van der Waals surface area contributed by atoms with Crippen molar-refractivity contribution < 1.29 is 4.39 Å². The molecule has 1 aromatic carbocycles. The van der Waals surface area contributed by atoms with E-state index in [0.717, 1.165) is 31.2 Å². The Hall–Kier alpha value is -0.930. The lowest BCUT2D eigenvalue weighted by Crippen LogP contribution is -2.36. The van der Waals surface area contributed by atoms with Crippen LogP contribution < -0.4 is 0 Å².